The molecule has 1 aromatic heterocycles. The fourth-order valence-electron chi connectivity index (χ4n) is 3.59. The van der Waals surface area contributed by atoms with Crippen molar-refractivity contribution >= 4 is 35.0 Å². The minimum atomic E-state index is -0.956. The third kappa shape index (κ3) is 6.89. The van der Waals surface area contributed by atoms with Crippen molar-refractivity contribution in [1.82, 2.24) is 16.0 Å². The standard InChI is InChI=1S/C24H29N3O5S/c1-15(2)20(27-24(31)32-14-16-7-4-3-5-8-16)22(29)26-18-9-6-10-19-17(11-12-33-19)13-25-23(30)21(18)28/h3-5,7-8,11-12,15,18,20H,6,9-10,13-14H2,1-2H3,(H,25,30)(H,26,29)(H,27,31). The number of ketones is 1. The maximum absolute atomic E-state index is 13.0. The summed E-state index contributed by atoms with van der Waals surface area (Å²) in [5.41, 5.74) is 1.84. The van der Waals surface area contributed by atoms with E-state index in [1.165, 1.54) is 0 Å². The second kappa shape index (κ2) is 11.6. The zero-order valence-electron chi connectivity index (χ0n) is 18.8. The van der Waals surface area contributed by atoms with E-state index in [4.69, 9.17) is 4.74 Å². The van der Waals surface area contributed by atoms with Gasteiger partial charge in [-0.15, -0.1) is 11.3 Å². The molecule has 0 fully saturated rings. The first kappa shape index (κ1) is 24.4. The van der Waals surface area contributed by atoms with Crippen molar-refractivity contribution in [1.29, 1.82) is 0 Å². The summed E-state index contributed by atoms with van der Waals surface area (Å²) in [6.07, 6.45) is 1.02. The Morgan fingerprint density at radius 3 is 2.67 bits per heavy atom. The van der Waals surface area contributed by atoms with Crippen LogP contribution in [0.3, 0.4) is 0 Å². The molecule has 2 aromatic rings. The summed E-state index contributed by atoms with van der Waals surface area (Å²) in [4.78, 5) is 51.4. The zero-order valence-corrected chi connectivity index (χ0v) is 19.6. The number of hydrogen-bond donors (Lipinski definition) is 3. The molecule has 1 aromatic carbocycles. The van der Waals surface area contributed by atoms with Crippen molar-refractivity contribution in [3.8, 4) is 0 Å². The second-order valence-corrected chi connectivity index (χ2v) is 9.30. The first-order chi connectivity index (χ1) is 15.8. The van der Waals surface area contributed by atoms with Gasteiger partial charge >= 0.3 is 6.09 Å². The number of amides is 3. The molecule has 3 rings (SSSR count). The largest absolute Gasteiger partial charge is 0.445 e. The third-order valence-electron chi connectivity index (χ3n) is 5.47. The highest BCUT2D eigenvalue weighted by Crippen LogP contribution is 2.21. The number of Topliss-reactive ketones (excluding diaryl/α,β-unsaturated/α-hetero) is 1. The van der Waals surface area contributed by atoms with Crippen LogP contribution in [0, 0.1) is 5.92 Å². The van der Waals surface area contributed by atoms with Gasteiger partial charge in [-0.3, -0.25) is 14.4 Å². The monoisotopic (exact) mass is 471 g/mol. The summed E-state index contributed by atoms with van der Waals surface area (Å²) in [6.45, 7) is 3.92. The Labute approximate surface area is 197 Å². The molecule has 2 atom stereocenters. The van der Waals surface area contributed by atoms with Crippen LogP contribution in [0.25, 0.3) is 0 Å². The van der Waals surface area contributed by atoms with Crippen molar-refractivity contribution in [2.45, 2.75) is 58.3 Å². The lowest BCUT2D eigenvalue weighted by Gasteiger charge is -2.25. The van der Waals surface area contributed by atoms with Crippen LogP contribution in [-0.2, 0) is 38.7 Å². The summed E-state index contributed by atoms with van der Waals surface area (Å²) in [5, 5.41) is 9.86. The van der Waals surface area contributed by atoms with Crippen molar-refractivity contribution in [2.24, 2.45) is 5.92 Å². The number of benzene rings is 1. The molecule has 9 heteroatoms. The number of alkyl carbamates (subject to hydrolysis) is 1. The quantitative estimate of drug-likeness (QED) is 0.561. The number of carbonyl (C=O) groups is 4. The van der Waals surface area contributed by atoms with Crippen LogP contribution in [0.5, 0.6) is 0 Å². The van der Waals surface area contributed by atoms with E-state index in [1.807, 2.05) is 41.8 Å². The van der Waals surface area contributed by atoms with E-state index < -0.39 is 35.8 Å². The van der Waals surface area contributed by atoms with Gasteiger partial charge in [0.1, 0.15) is 12.6 Å². The Morgan fingerprint density at radius 2 is 1.94 bits per heavy atom. The van der Waals surface area contributed by atoms with Gasteiger partial charge in [0.15, 0.2) is 0 Å². The summed E-state index contributed by atoms with van der Waals surface area (Å²) in [6, 6.07) is 9.28. The molecule has 0 aliphatic carbocycles. The molecule has 2 unspecified atom stereocenters. The van der Waals surface area contributed by atoms with E-state index >= 15 is 0 Å². The van der Waals surface area contributed by atoms with Crippen LogP contribution >= 0.6 is 11.3 Å². The molecular formula is C24H29N3O5S. The molecule has 0 radical (unpaired) electrons. The van der Waals surface area contributed by atoms with E-state index in [0.29, 0.717) is 12.8 Å². The normalized spacial score (nSPS) is 17.5. The lowest BCUT2D eigenvalue weighted by atomic mass is 9.99. The summed E-state index contributed by atoms with van der Waals surface area (Å²) in [5.74, 6) is -2.19. The molecule has 0 saturated heterocycles. The lowest BCUT2D eigenvalue weighted by Crippen LogP contribution is -2.55. The van der Waals surface area contributed by atoms with Gasteiger partial charge in [0, 0.05) is 11.4 Å². The maximum Gasteiger partial charge on any atom is 0.408 e. The van der Waals surface area contributed by atoms with E-state index in [-0.39, 0.29) is 19.1 Å². The van der Waals surface area contributed by atoms with Gasteiger partial charge in [-0.1, -0.05) is 44.2 Å². The van der Waals surface area contributed by atoms with Gasteiger partial charge in [-0.25, -0.2) is 4.79 Å². The maximum atomic E-state index is 13.0. The molecule has 0 saturated carbocycles. The van der Waals surface area contributed by atoms with Gasteiger partial charge in [0.25, 0.3) is 5.91 Å². The fourth-order valence-corrected chi connectivity index (χ4v) is 4.54. The van der Waals surface area contributed by atoms with E-state index in [2.05, 4.69) is 16.0 Å². The van der Waals surface area contributed by atoms with Crippen LogP contribution in [0.1, 0.15) is 42.7 Å². The number of aryl methyl sites for hydroxylation is 1. The molecule has 0 spiro atoms. The van der Waals surface area contributed by atoms with Gasteiger partial charge in [0.05, 0.1) is 6.04 Å². The molecular weight excluding hydrogens is 442 g/mol. The zero-order chi connectivity index (χ0) is 23.8. The van der Waals surface area contributed by atoms with Crippen LogP contribution in [0.4, 0.5) is 4.79 Å². The summed E-state index contributed by atoms with van der Waals surface area (Å²) >= 11 is 1.61. The minimum absolute atomic E-state index is 0.0745. The molecule has 33 heavy (non-hydrogen) atoms. The lowest BCUT2D eigenvalue weighted by molar-refractivity contribution is -0.140. The molecule has 1 aliphatic rings. The van der Waals surface area contributed by atoms with E-state index in [1.54, 1.807) is 25.2 Å². The topological polar surface area (TPSA) is 114 Å². The predicted molar refractivity (Wildman–Crippen MR) is 124 cm³/mol. The highest BCUT2D eigenvalue weighted by Gasteiger charge is 2.32. The van der Waals surface area contributed by atoms with Gasteiger partial charge in [-0.05, 0) is 47.8 Å². The van der Waals surface area contributed by atoms with Crippen LogP contribution in [0.2, 0.25) is 0 Å². The van der Waals surface area contributed by atoms with E-state index in [0.717, 1.165) is 22.4 Å². The second-order valence-electron chi connectivity index (χ2n) is 8.30. The number of thiophene rings is 1. The molecule has 176 valence electrons. The SMILES string of the molecule is CC(C)C(NC(=O)OCc1ccccc1)C(=O)NC1CCCc2sccc2CNC(=O)C1=O. The smallest absolute Gasteiger partial charge is 0.408 e. The van der Waals surface area contributed by atoms with E-state index in [9.17, 15) is 19.2 Å². The Kier molecular flexibility index (Phi) is 8.59. The number of rotatable bonds is 6. The molecule has 8 nitrogen and oxygen atoms in total. The van der Waals surface area contributed by atoms with Gasteiger partial charge in [0.2, 0.25) is 11.7 Å². The Hall–Kier alpha value is -3.20. The van der Waals surface area contributed by atoms with Gasteiger partial charge in [-0.2, -0.15) is 0 Å². The van der Waals surface area contributed by atoms with Crippen LogP contribution < -0.4 is 16.0 Å². The highest BCUT2D eigenvalue weighted by atomic mass is 32.1. The first-order valence-corrected chi connectivity index (χ1v) is 11.9. The number of hydrogen-bond acceptors (Lipinski definition) is 6. The third-order valence-corrected chi connectivity index (χ3v) is 6.49. The summed E-state index contributed by atoms with van der Waals surface area (Å²) < 4.78 is 5.22. The number of fused-ring (bicyclic) bond motifs is 1. The first-order valence-electron chi connectivity index (χ1n) is 11.0. The highest BCUT2D eigenvalue weighted by molar-refractivity contribution is 7.10. The van der Waals surface area contributed by atoms with Crippen LogP contribution in [0.15, 0.2) is 41.8 Å². The molecule has 3 amide bonds. The molecule has 0 bridgehead atoms. The average molecular weight is 472 g/mol. The van der Waals surface area contributed by atoms with Gasteiger partial charge < -0.3 is 20.7 Å². The number of carbonyl (C=O) groups excluding carboxylic acids is 4. The Bertz CT molecular complexity index is 989. The number of ether oxygens (including phenoxy) is 1. The summed E-state index contributed by atoms with van der Waals surface area (Å²) in [7, 11) is 0. The van der Waals surface area contributed by atoms with Crippen LogP contribution in [-0.4, -0.2) is 35.8 Å². The Morgan fingerprint density at radius 1 is 1.18 bits per heavy atom. The Balaban J connectivity index is 1.61. The molecule has 3 N–H and O–H groups in total. The van der Waals surface area contributed by atoms with Crippen molar-refractivity contribution < 1.29 is 23.9 Å². The molecule has 2 heterocycles. The van der Waals surface area contributed by atoms with Crippen molar-refractivity contribution in [3.63, 3.8) is 0 Å². The average Bonchev–Trinajstić information content (AvgIpc) is 3.25. The number of nitrogens with one attached hydrogen (secondary N) is 3. The van der Waals surface area contributed by atoms with Crippen molar-refractivity contribution in [3.05, 3.63) is 57.8 Å². The predicted octanol–water partition coefficient (Wildman–Crippen LogP) is 2.71. The minimum Gasteiger partial charge on any atom is -0.445 e. The fraction of sp³-hybridized carbons (Fsp3) is 0.417. The van der Waals surface area contributed by atoms with Crippen molar-refractivity contribution in [2.75, 3.05) is 0 Å². The molecule has 1 aliphatic heterocycles.